The van der Waals surface area contributed by atoms with Gasteiger partial charge in [0.05, 0.1) is 12.7 Å². The molecule has 0 aromatic rings. The van der Waals surface area contributed by atoms with E-state index in [-0.39, 0.29) is 0 Å². The molecule has 0 aliphatic heterocycles. The van der Waals surface area contributed by atoms with Crippen molar-refractivity contribution in [2.75, 3.05) is 11.9 Å². The van der Waals surface area contributed by atoms with Crippen LogP contribution in [0.25, 0.3) is 0 Å². The standard InChI is InChI=1S/C16H27BrO/c1-14(2)12-5-8-15(14,3)13(9-12)18-11-16(10-17)6-4-7-16/h12-13H,4-11H2,1-3H3. The Labute approximate surface area is 120 Å². The molecule has 2 bridgehead atoms. The molecule has 0 saturated heterocycles. The summed E-state index contributed by atoms with van der Waals surface area (Å²) in [6.07, 6.45) is 8.72. The summed E-state index contributed by atoms with van der Waals surface area (Å²) in [6, 6.07) is 0. The third kappa shape index (κ3) is 1.67. The van der Waals surface area contributed by atoms with Gasteiger partial charge in [0.15, 0.2) is 0 Å². The lowest BCUT2D eigenvalue weighted by Crippen LogP contribution is -2.42. The van der Waals surface area contributed by atoms with Gasteiger partial charge < -0.3 is 4.74 Å². The molecule has 18 heavy (non-hydrogen) atoms. The third-order valence-electron chi connectivity index (χ3n) is 7.00. The molecule has 0 spiro atoms. The summed E-state index contributed by atoms with van der Waals surface area (Å²) in [7, 11) is 0. The molecule has 104 valence electrons. The smallest absolute Gasteiger partial charge is 0.0637 e. The molecule has 0 amide bonds. The van der Waals surface area contributed by atoms with Crippen LogP contribution in [0.2, 0.25) is 0 Å². The summed E-state index contributed by atoms with van der Waals surface area (Å²) in [6.45, 7) is 8.41. The number of hydrogen-bond acceptors (Lipinski definition) is 1. The molecule has 0 radical (unpaired) electrons. The van der Waals surface area contributed by atoms with Gasteiger partial charge in [0.2, 0.25) is 0 Å². The molecule has 3 aliphatic rings. The maximum absolute atomic E-state index is 6.44. The van der Waals surface area contributed by atoms with Crippen molar-refractivity contribution in [3.63, 3.8) is 0 Å². The van der Waals surface area contributed by atoms with E-state index in [4.69, 9.17) is 4.74 Å². The maximum Gasteiger partial charge on any atom is 0.0637 e. The van der Waals surface area contributed by atoms with Crippen molar-refractivity contribution >= 4 is 15.9 Å². The van der Waals surface area contributed by atoms with Crippen molar-refractivity contribution in [1.82, 2.24) is 0 Å². The van der Waals surface area contributed by atoms with E-state index in [1.165, 1.54) is 38.5 Å². The molecule has 3 unspecified atom stereocenters. The molecular formula is C16H27BrO. The summed E-state index contributed by atoms with van der Waals surface area (Å²) >= 11 is 3.69. The zero-order valence-electron chi connectivity index (χ0n) is 12.1. The van der Waals surface area contributed by atoms with Gasteiger partial charge in [-0.15, -0.1) is 0 Å². The number of hydrogen-bond donors (Lipinski definition) is 0. The first-order chi connectivity index (χ1) is 8.44. The van der Waals surface area contributed by atoms with Crippen LogP contribution in [-0.4, -0.2) is 18.0 Å². The van der Waals surface area contributed by atoms with Crippen LogP contribution in [0, 0.1) is 22.2 Å². The fourth-order valence-corrected chi connectivity index (χ4v) is 5.38. The van der Waals surface area contributed by atoms with Gasteiger partial charge in [-0.2, -0.15) is 0 Å². The normalized spacial score (nSPS) is 44.0. The predicted molar refractivity (Wildman–Crippen MR) is 79.0 cm³/mol. The van der Waals surface area contributed by atoms with Gasteiger partial charge in [-0.3, -0.25) is 0 Å². The SMILES string of the molecule is CC1(C)C2CCC1(C)C(OCC1(CBr)CCC1)C2. The number of fused-ring (bicyclic) bond motifs is 2. The Hall–Kier alpha value is 0.440. The molecule has 0 heterocycles. The van der Waals surface area contributed by atoms with E-state index in [1.807, 2.05) is 0 Å². The molecule has 0 N–H and O–H groups in total. The van der Waals surface area contributed by atoms with Crippen molar-refractivity contribution in [3.8, 4) is 0 Å². The minimum absolute atomic E-state index is 0.426. The summed E-state index contributed by atoms with van der Waals surface area (Å²) in [5, 5.41) is 1.12. The first-order valence-corrected chi connectivity index (χ1v) is 8.73. The van der Waals surface area contributed by atoms with Crippen LogP contribution >= 0.6 is 15.9 Å². The van der Waals surface area contributed by atoms with Gasteiger partial charge in [0, 0.05) is 10.7 Å². The Morgan fingerprint density at radius 2 is 1.89 bits per heavy atom. The second kappa shape index (κ2) is 4.22. The fraction of sp³-hybridized carbons (Fsp3) is 1.00. The minimum atomic E-state index is 0.426. The topological polar surface area (TPSA) is 9.23 Å². The summed E-state index contributed by atoms with van der Waals surface area (Å²) < 4.78 is 6.44. The zero-order chi connectivity index (χ0) is 13.0. The fourth-order valence-electron chi connectivity index (χ4n) is 4.65. The van der Waals surface area contributed by atoms with Crippen LogP contribution in [0.3, 0.4) is 0 Å². The molecule has 3 atom stereocenters. The van der Waals surface area contributed by atoms with Gasteiger partial charge in [-0.05, 0) is 48.9 Å². The van der Waals surface area contributed by atoms with Gasteiger partial charge >= 0.3 is 0 Å². The van der Waals surface area contributed by atoms with Gasteiger partial charge in [-0.25, -0.2) is 0 Å². The predicted octanol–water partition coefficient (Wildman–Crippen LogP) is 4.78. The highest BCUT2D eigenvalue weighted by molar-refractivity contribution is 9.09. The Kier molecular flexibility index (Phi) is 3.14. The van der Waals surface area contributed by atoms with Gasteiger partial charge in [-0.1, -0.05) is 43.1 Å². The van der Waals surface area contributed by atoms with E-state index in [9.17, 15) is 0 Å². The second-order valence-electron chi connectivity index (χ2n) is 7.90. The molecule has 0 aromatic carbocycles. The molecule has 3 aliphatic carbocycles. The van der Waals surface area contributed by atoms with E-state index in [2.05, 4.69) is 36.7 Å². The van der Waals surface area contributed by atoms with E-state index < -0.39 is 0 Å². The summed E-state index contributed by atoms with van der Waals surface area (Å²) in [5.74, 6) is 0.897. The quantitative estimate of drug-likeness (QED) is 0.678. The zero-order valence-corrected chi connectivity index (χ0v) is 13.7. The van der Waals surface area contributed by atoms with Crippen molar-refractivity contribution in [3.05, 3.63) is 0 Å². The number of rotatable bonds is 4. The van der Waals surface area contributed by atoms with Gasteiger partial charge in [0.1, 0.15) is 0 Å². The average molecular weight is 315 g/mol. The molecule has 2 heteroatoms. The van der Waals surface area contributed by atoms with E-state index in [0.29, 0.717) is 22.3 Å². The summed E-state index contributed by atoms with van der Waals surface area (Å²) in [5.41, 5.74) is 1.39. The van der Waals surface area contributed by atoms with Crippen molar-refractivity contribution in [2.24, 2.45) is 22.2 Å². The molecule has 1 nitrogen and oxygen atoms in total. The Morgan fingerprint density at radius 3 is 2.28 bits per heavy atom. The monoisotopic (exact) mass is 314 g/mol. The number of ether oxygens (including phenoxy) is 1. The highest BCUT2D eigenvalue weighted by Gasteiger charge is 2.62. The van der Waals surface area contributed by atoms with Crippen LogP contribution < -0.4 is 0 Å². The molecule has 0 aromatic heterocycles. The molecule has 3 rings (SSSR count). The Morgan fingerprint density at radius 1 is 1.17 bits per heavy atom. The summed E-state index contributed by atoms with van der Waals surface area (Å²) in [4.78, 5) is 0. The van der Waals surface area contributed by atoms with E-state index in [0.717, 1.165) is 17.9 Å². The van der Waals surface area contributed by atoms with Crippen LogP contribution in [0.5, 0.6) is 0 Å². The van der Waals surface area contributed by atoms with E-state index >= 15 is 0 Å². The average Bonchev–Trinajstić information content (AvgIpc) is 2.61. The molecule has 3 saturated carbocycles. The third-order valence-corrected chi connectivity index (χ3v) is 8.19. The number of alkyl halides is 1. The first kappa shape index (κ1) is 13.4. The Balaban J connectivity index is 1.65. The lowest BCUT2D eigenvalue weighted by atomic mass is 9.69. The van der Waals surface area contributed by atoms with Crippen LogP contribution in [0.15, 0.2) is 0 Å². The van der Waals surface area contributed by atoms with Crippen molar-refractivity contribution < 1.29 is 4.74 Å². The van der Waals surface area contributed by atoms with E-state index in [1.54, 1.807) is 0 Å². The minimum Gasteiger partial charge on any atom is -0.377 e. The van der Waals surface area contributed by atoms with Crippen molar-refractivity contribution in [1.29, 1.82) is 0 Å². The molecule has 3 fully saturated rings. The highest BCUT2D eigenvalue weighted by atomic mass is 79.9. The first-order valence-electron chi connectivity index (χ1n) is 7.61. The molecular weight excluding hydrogens is 288 g/mol. The maximum atomic E-state index is 6.44. The van der Waals surface area contributed by atoms with Crippen LogP contribution in [-0.2, 0) is 4.74 Å². The van der Waals surface area contributed by atoms with Crippen molar-refractivity contribution in [2.45, 2.75) is 65.4 Å². The van der Waals surface area contributed by atoms with Crippen LogP contribution in [0.4, 0.5) is 0 Å². The largest absolute Gasteiger partial charge is 0.377 e. The second-order valence-corrected chi connectivity index (χ2v) is 8.46. The number of halogens is 1. The van der Waals surface area contributed by atoms with Gasteiger partial charge in [0.25, 0.3) is 0 Å². The highest BCUT2D eigenvalue weighted by Crippen LogP contribution is 2.66. The Bertz CT molecular complexity index is 328. The van der Waals surface area contributed by atoms with Crippen LogP contribution in [0.1, 0.15) is 59.3 Å². The lowest BCUT2D eigenvalue weighted by Gasteiger charge is -2.44. The lowest BCUT2D eigenvalue weighted by molar-refractivity contribution is -0.0898.